The zero-order valence-corrected chi connectivity index (χ0v) is 27.2. The van der Waals surface area contributed by atoms with Crippen LogP contribution in [0.4, 0.5) is 17.1 Å². The van der Waals surface area contributed by atoms with Crippen molar-refractivity contribution in [2.24, 2.45) is 23.2 Å². The normalized spacial score (nSPS) is 26.0. The van der Waals surface area contributed by atoms with Crippen LogP contribution in [0, 0.1) is 23.2 Å². The molecule has 2 fully saturated rings. The molecule has 0 N–H and O–H groups in total. The minimum Gasteiger partial charge on any atom is -0.345 e. The van der Waals surface area contributed by atoms with Crippen LogP contribution in [0.15, 0.2) is 78.9 Å². The molecule has 0 aromatic heterocycles. The molecule has 1 aliphatic carbocycles. The standard InChI is InChI=1S/C39H54N2/c1-27(2)33-21-16-22-34(28(3)4)36(33)41-37(40(31-17-12-10-13-18-31)32-19-14-11-15-20-32)39(26-38(41,8)9)25-30(7)23-24-35(39)29(5)6/h10-22,27-30,35,37H,23-26H2,1-9H3/t30-,35+,37+,39-/m1/s1. The molecule has 0 radical (unpaired) electrons. The van der Waals surface area contributed by atoms with Crippen molar-refractivity contribution in [1.82, 2.24) is 0 Å². The van der Waals surface area contributed by atoms with E-state index in [-0.39, 0.29) is 17.1 Å². The van der Waals surface area contributed by atoms with Gasteiger partial charge in [-0.05, 0) is 98.1 Å². The minimum atomic E-state index is -0.00862. The molecule has 1 heterocycles. The highest BCUT2D eigenvalue weighted by atomic mass is 15.4. The Morgan fingerprint density at radius 2 is 1.22 bits per heavy atom. The SMILES string of the molecule is CC(C)c1cccc(C(C)C)c1N1[C@H](N(c2ccccc2)c2ccccc2)[C@]2(C[C@H](C)CC[C@H]2C(C)C)CC1(C)C. The number of hydrogen-bond acceptors (Lipinski definition) is 2. The van der Waals surface area contributed by atoms with Crippen molar-refractivity contribution >= 4 is 17.1 Å². The van der Waals surface area contributed by atoms with Crippen LogP contribution in [-0.4, -0.2) is 11.7 Å². The van der Waals surface area contributed by atoms with Gasteiger partial charge in [0.2, 0.25) is 0 Å². The fourth-order valence-corrected chi connectivity index (χ4v) is 8.92. The molecule has 4 atom stereocenters. The number of rotatable bonds is 7. The summed E-state index contributed by atoms with van der Waals surface area (Å²) < 4.78 is 0. The van der Waals surface area contributed by atoms with Crippen LogP contribution < -0.4 is 9.80 Å². The second-order valence-corrected chi connectivity index (χ2v) is 14.8. The maximum Gasteiger partial charge on any atom is 0.113 e. The zero-order valence-electron chi connectivity index (χ0n) is 27.2. The van der Waals surface area contributed by atoms with Gasteiger partial charge >= 0.3 is 0 Å². The van der Waals surface area contributed by atoms with E-state index in [4.69, 9.17) is 0 Å². The summed E-state index contributed by atoms with van der Waals surface area (Å²) in [5.74, 6) is 2.92. The average Bonchev–Trinajstić information content (AvgIpc) is 3.14. The summed E-state index contributed by atoms with van der Waals surface area (Å²) >= 11 is 0. The first-order chi connectivity index (χ1) is 19.5. The summed E-state index contributed by atoms with van der Waals surface area (Å²) in [6.07, 6.45) is 5.35. The Balaban J connectivity index is 1.89. The van der Waals surface area contributed by atoms with E-state index in [1.807, 2.05) is 0 Å². The maximum atomic E-state index is 2.94. The Morgan fingerprint density at radius 3 is 1.68 bits per heavy atom. The van der Waals surface area contributed by atoms with Crippen molar-refractivity contribution < 1.29 is 0 Å². The van der Waals surface area contributed by atoms with E-state index >= 15 is 0 Å². The third-order valence-electron chi connectivity index (χ3n) is 10.3. The molecule has 3 aromatic carbocycles. The molecule has 3 aromatic rings. The van der Waals surface area contributed by atoms with E-state index in [9.17, 15) is 0 Å². The van der Waals surface area contributed by atoms with Gasteiger partial charge in [0.25, 0.3) is 0 Å². The Labute approximate surface area is 251 Å². The largest absolute Gasteiger partial charge is 0.345 e. The van der Waals surface area contributed by atoms with Crippen molar-refractivity contribution in [3.05, 3.63) is 90.0 Å². The van der Waals surface area contributed by atoms with Gasteiger partial charge in [0, 0.05) is 28.0 Å². The first-order valence-corrected chi connectivity index (χ1v) is 16.3. The van der Waals surface area contributed by atoms with E-state index in [1.165, 1.54) is 53.9 Å². The molecule has 1 saturated heterocycles. The highest BCUT2D eigenvalue weighted by Crippen LogP contribution is 2.63. The quantitative estimate of drug-likeness (QED) is 0.289. The smallest absolute Gasteiger partial charge is 0.113 e. The first-order valence-electron chi connectivity index (χ1n) is 16.3. The van der Waals surface area contributed by atoms with Crippen molar-refractivity contribution in [2.45, 2.75) is 112 Å². The molecule has 0 unspecified atom stereocenters. The number of para-hydroxylation sites is 3. The lowest BCUT2D eigenvalue weighted by molar-refractivity contribution is 0.0210. The van der Waals surface area contributed by atoms with Gasteiger partial charge in [-0.3, -0.25) is 0 Å². The summed E-state index contributed by atoms with van der Waals surface area (Å²) in [6.45, 7) is 22.1. The van der Waals surface area contributed by atoms with Gasteiger partial charge in [-0.25, -0.2) is 0 Å². The summed E-state index contributed by atoms with van der Waals surface area (Å²) in [7, 11) is 0. The van der Waals surface area contributed by atoms with E-state index in [0.717, 1.165) is 5.92 Å². The molecule has 1 saturated carbocycles. The number of hydrogen-bond donors (Lipinski definition) is 0. The third kappa shape index (κ3) is 5.33. The van der Waals surface area contributed by atoms with Crippen LogP contribution >= 0.6 is 0 Å². The summed E-state index contributed by atoms with van der Waals surface area (Å²) in [5, 5.41) is 0. The molecule has 220 valence electrons. The molecule has 1 aliphatic heterocycles. The lowest BCUT2D eigenvalue weighted by atomic mass is 9.56. The Hall–Kier alpha value is -2.74. The van der Waals surface area contributed by atoms with Gasteiger partial charge in [-0.2, -0.15) is 0 Å². The van der Waals surface area contributed by atoms with Crippen molar-refractivity contribution in [3.63, 3.8) is 0 Å². The van der Waals surface area contributed by atoms with Crippen molar-refractivity contribution in [3.8, 4) is 0 Å². The molecule has 0 amide bonds. The third-order valence-corrected chi connectivity index (χ3v) is 10.3. The van der Waals surface area contributed by atoms with Crippen molar-refractivity contribution in [1.29, 1.82) is 0 Å². The predicted octanol–water partition coefficient (Wildman–Crippen LogP) is 11.2. The molecule has 2 heteroatoms. The molecule has 5 rings (SSSR count). The lowest BCUT2D eigenvalue weighted by Gasteiger charge is -2.54. The zero-order chi connectivity index (χ0) is 29.5. The van der Waals surface area contributed by atoms with Crippen LogP contribution in [0.5, 0.6) is 0 Å². The molecule has 1 spiro atoms. The summed E-state index contributed by atoms with van der Waals surface area (Å²) in [6, 6.07) is 29.6. The Bertz CT molecular complexity index is 1230. The topological polar surface area (TPSA) is 6.48 Å². The van der Waals surface area contributed by atoms with Crippen LogP contribution in [0.25, 0.3) is 0 Å². The van der Waals surface area contributed by atoms with Gasteiger partial charge < -0.3 is 9.80 Å². The fraction of sp³-hybridized carbons (Fsp3) is 0.538. The van der Waals surface area contributed by atoms with Gasteiger partial charge in [0.05, 0.1) is 0 Å². The predicted molar refractivity (Wildman–Crippen MR) is 178 cm³/mol. The van der Waals surface area contributed by atoms with Crippen LogP contribution in [0.3, 0.4) is 0 Å². The monoisotopic (exact) mass is 550 g/mol. The Kier molecular flexibility index (Phi) is 8.34. The van der Waals surface area contributed by atoms with Gasteiger partial charge in [0.15, 0.2) is 0 Å². The average molecular weight is 551 g/mol. The second kappa shape index (κ2) is 11.5. The molecule has 2 aliphatic rings. The van der Waals surface area contributed by atoms with E-state index in [1.54, 1.807) is 0 Å². The molecular weight excluding hydrogens is 496 g/mol. The van der Waals surface area contributed by atoms with E-state index in [2.05, 4.69) is 151 Å². The van der Waals surface area contributed by atoms with Crippen LogP contribution in [0.1, 0.15) is 111 Å². The minimum absolute atomic E-state index is 0.00862. The van der Waals surface area contributed by atoms with Gasteiger partial charge in [-0.1, -0.05) is 109 Å². The molecule has 0 bridgehead atoms. The highest BCUT2D eigenvalue weighted by Gasteiger charge is 2.63. The molecule has 41 heavy (non-hydrogen) atoms. The summed E-state index contributed by atoms with van der Waals surface area (Å²) in [4.78, 5) is 5.68. The number of benzene rings is 3. The molecule has 2 nitrogen and oxygen atoms in total. The highest BCUT2D eigenvalue weighted by molar-refractivity contribution is 5.72. The Morgan fingerprint density at radius 1 is 0.707 bits per heavy atom. The van der Waals surface area contributed by atoms with E-state index in [0.29, 0.717) is 23.7 Å². The second-order valence-electron chi connectivity index (χ2n) is 14.8. The molecular formula is C39H54N2. The number of nitrogens with zero attached hydrogens (tertiary/aromatic N) is 2. The van der Waals surface area contributed by atoms with Crippen LogP contribution in [0.2, 0.25) is 0 Å². The van der Waals surface area contributed by atoms with Gasteiger partial charge in [-0.15, -0.1) is 0 Å². The van der Waals surface area contributed by atoms with E-state index < -0.39 is 0 Å². The maximum absolute atomic E-state index is 2.94. The van der Waals surface area contributed by atoms with Gasteiger partial charge in [0.1, 0.15) is 6.17 Å². The fourth-order valence-electron chi connectivity index (χ4n) is 8.92. The summed E-state index contributed by atoms with van der Waals surface area (Å²) in [5.41, 5.74) is 7.18. The lowest BCUT2D eigenvalue weighted by Crippen LogP contribution is -2.58. The van der Waals surface area contributed by atoms with Crippen LogP contribution in [-0.2, 0) is 0 Å². The van der Waals surface area contributed by atoms with Crippen molar-refractivity contribution in [2.75, 3.05) is 9.80 Å². The first kappa shape index (κ1) is 29.7. The number of anilines is 3.